The summed E-state index contributed by atoms with van der Waals surface area (Å²) in [6.45, 7) is 5.92. The maximum atomic E-state index is 5.43. The summed E-state index contributed by atoms with van der Waals surface area (Å²) in [6, 6.07) is 15.7. The third-order valence-corrected chi connectivity index (χ3v) is 7.09. The second-order valence-corrected chi connectivity index (χ2v) is 9.46. The summed E-state index contributed by atoms with van der Waals surface area (Å²) in [5.74, 6) is 3.19. The highest BCUT2D eigenvalue weighted by atomic mass is 16.5. The quantitative estimate of drug-likeness (QED) is 0.540. The minimum atomic E-state index is 0.755. The van der Waals surface area contributed by atoms with E-state index in [1.165, 1.54) is 62.0 Å². The molecule has 0 bridgehead atoms. The molecule has 0 aromatic heterocycles. The van der Waals surface area contributed by atoms with Crippen molar-refractivity contribution in [3.05, 3.63) is 59.2 Å². The Morgan fingerprint density at radius 2 is 1.58 bits per heavy atom. The zero-order chi connectivity index (χ0) is 21.6. The van der Waals surface area contributed by atoms with Crippen molar-refractivity contribution in [3.63, 3.8) is 0 Å². The first-order valence-corrected chi connectivity index (χ1v) is 11.8. The third-order valence-electron chi connectivity index (χ3n) is 7.09. The van der Waals surface area contributed by atoms with Gasteiger partial charge in [0.1, 0.15) is 0 Å². The van der Waals surface area contributed by atoms with Crippen molar-refractivity contribution >= 4 is 0 Å². The number of nitrogens with zero attached hydrogens (tertiary/aromatic N) is 2. The highest BCUT2D eigenvalue weighted by Gasteiger charge is 2.30. The third kappa shape index (κ3) is 5.81. The van der Waals surface area contributed by atoms with Crippen LogP contribution in [0.15, 0.2) is 42.5 Å². The minimum absolute atomic E-state index is 0.755. The van der Waals surface area contributed by atoms with Gasteiger partial charge in [-0.05, 0) is 92.9 Å². The summed E-state index contributed by atoms with van der Waals surface area (Å²) in [4.78, 5) is 5.06. The zero-order valence-electron chi connectivity index (χ0n) is 19.5. The molecule has 2 aromatic carbocycles. The lowest BCUT2D eigenvalue weighted by Crippen LogP contribution is -2.34. The van der Waals surface area contributed by atoms with Gasteiger partial charge in [0, 0.05) is 19.6 Å². The van der Waals surface area contributed by atoms with Crippen LogP contribution >= 0.6 is 0 Å². The number of hydrogen-bond donors (Lipinski definition) is 0. The molecule has 1 aliphatic heterocycles. The Morgan fingerprint density at radius 1 is 0.903 bits per heavy atom. The van der Waals surface area contributed by atoms with Crippen LogP contribution in [0.25, 0.3) is 0 Å². The molecule has 0 atom stereocenters. The van der Waals surface area contributed by atoms with E-state index in [4.69, 9.17) is 9.47 Å². The molecule has 0 spiro atoms. The monoisotopic (exact) mass is 422 g/mol. The van der Waals surface area contributed by atoms with Crippen LogP contribution in [0.4, 0.5) is 0 Å². The number of benzene rings is 2. The van der Waals surface area contributed by atoms with Gasteiger partial charge in [0.05, 0.1) is 14.2 Å². The second-order valence-electron chi connectivity index (χ2n) is 9.46. The molecule has 1 saturated heterocycles. The van der Waals surface area contributed by atoms with E-state index >= 15 is 0 Å². The lowest BCUT2D eigenvalue weighted by Gasteiger charge is -2.38. The molecule has 4 heteroatoms. The van der Waals surface area contributed by atoms with Gasteiger partial charge in [0.15, 0.2) is 11.5 Å². The molecule has 1 saturated carbocycles. The maximum Gasteiger partial charge on any atom is 0.160 e. The van der Waals surface area contributed by atoms with Crippen LogP contribution < -0.4 is 9.47 Å². The number of ether oxygens (including phenoxy) is 2. The van der Waals surface area contributed by atoms with Gasteiger partial charge in [-0.15, -0.1) is 0 Å². The largest absolute Gasteiger partial charge is 0.493 e. The van der Waals surface area contributed by atoms with Gasteiger partial charge in [0.2, 0.25) is 0 Å². The second kappa shape index (κ2) is 10.5. The summed E-state index contributed by atoms with van der Waals surface area (Å²) in [6.07, 6.45) is 6.42. The lowest BCUT2D eigenvalue weighted by atomic mass is 9.71. The fraction of sp³-hybridized carbons (Fsp3) is 0.556. The van der Waals surface area contributed by atoms with E-state index in [-0.39, 0.29) is 0 Å². The molecular weight excluding hydrogens is 384 g/mol. The first kappa shape index (κ1) is 22.2. The molecule has 4 rings (SSSR count). The predicted molar refractivity (Wildman–Crippen MR) is 127 cm³/mol. The van der Waals surface area contributed by atoms with Crippen LogP contribution in [0.2, 0.25) is 0 Å². The molecule has 4 nitrogen and oxygen atoms in total. The van der Waals surface area contributed by atoms with E-state index in [1.54, 1.807) is 14.2 Å². The SMILES string of the molecule is COc1ccc(CCN(C)C[C@H]2C[C@H](c3ccc(CN4CCCC4)cc3)C2)cc1OC. The smallest absolute Gasteiger partial charge is 0.160 e. The number of likely N-dealkylation sites (tertiary alicyclic amines) is 1. The fourth-order valence-electron chi connectivity index (χ4n) is 5.14. The lowest BCUT2D eigenvalue weighted by molar-refractivity contribution is 0.182. The molecule has 2 aromatic rings. The molecule has 31 heavy (non-hydrogen) atoms. The molecule has 0 unspecified atom stereocenters. The van der Waals surface area contributed by atoms with Gasteiger partial charge < -0.3 is 14.4 Å². The first-order chi connectivity index (χ1) is 15.1. The van der Waals surface area contributed by atoms with Crippen LogP contribution in [0.5, 0.6) is 11.5 Å². The van der Waals surface area contributed by atoms with E-state index in [1.807, 2.05) is 6.07 Å². The molecule has 0 N–H and O–H groups in total. The summed E-state index contributed by atoms with van der Waals surface area (Å²) in [5, 5.41) is 0. The van der Waals surface area contributed by atoms with Crippen molar-refractivity contribution in [2.75, 3.05) is 47.4 Å². The van der Waals surface area contributed by atoms with Crippen molar-refractivity contribution in [2.24, 2.45) is 5.92 Å². The molecule has 168 valence electrons. The summed E-state index contributed by atoms with van der Waals surface area (Å²) < 4.78 is 10.8. The van der Waals surface area contributed by atoms with Crippen LogP contribution in [-0.4, -0.2) is 57.2 Å². The molecule has 2 aliphatic rings. The molecule has 1 aliphatic carbocycles. The summed E-state index contributed by atoms with van der Waals surface area (Å²) in [7, 11) is 5.63. The Hall–Kier alpha value is -2.04. The highest BCUT2D eigenvalue weighted by molar-refractivity contribution is 5.43. The first-order valence-electron chi connectivity index (χ1n) is 11.8. The summed E-state index contributed by atoms with van der Waals surface area (Å²) in [5.41, 5.74) is 4.30. The van der Waals surface area contributed by atoms with Gasteiger partial charge in [-0.2, -0.15) is 0 Å². The van der Waals surface area contributed by atoms with E-state index in [2.05, 4.69) is 53.2 Å². The van der Waals surface area contributed by atoms with Crippen LogP contribution in [0, 0.1) is 5.92 Å². The van der Waals surface area contributed by atoms with Gasteiger partial charge in [0.25, 0.3) is 0 Å². The Kier molecular flexibility index (Phi) is 7.52. The number of hydrogen-bond acceptors (Lipinski definition) is 4. The number of methoxy groups -OCH3 is 2. The average Bonchev–Trinajstić information content (AvgIpc) is 3.28. The predicted octanol–water partition coefficient (Wildman–Crippen LogP) is 4.97. The van der Waals surface area contributed by atoms with Crippen LogP contribution in [0.3, 0.4) is 0 Å². The van der Waals surface area contributed by atoms with Crippen molar-refractivity contribution in [1.29, 1.82) is 0 Å². The molecular formula is C27H38N2O2. The van der Waals surface area contributed by atoms with Crippen LogP contribution in [-0.2, 0) is 13.0 Å². The molecule has 0 amide bonds. The molecule has 2 fully saturated rings. The van der Waals surface area contributed by atoms with E-state index in [0.717, 1.165) is 42.8 Å². The summed E-state index contributed by atoms with van der Waals surface area (Å²) >= 11 is 0. The van der Waals surface area contributed by atoms with E-state index in [9.17, 15) is 0 Å². The fourth-order valence-corrected chi connectivity index (χ4v) is 5.14. The number of rotatable bonds is 10. The van der Waals surface area contributed by atoms with Crippen molar-refractivity contribution in [1.82, 2.24) is 9.80 Å². The molecule has 1 heterocycles. The van der Waals surface area contributed by atoms with Crippen molar-refractivity contribution < 1.29 is 9.47 Å². The highest BCUT2D eigenvalue weighted by Crippen LogP contribution is 2.42. The Balaban J connectivity index is 1.18. The zero-order valence-corrected chi connectivity index (χ0v) is 19.5. The van der Waals surface area contributed by atoms with Gasteiger partial charge in [-0.1, -0.05) is 30.3 Å². The van der Waals surface area contributed by atoms with Crippen molar-refractivity contribution in [2.45, 2.75) is 44.6 Å². The number of likely N-dealkylation sites (N-methyl/N-ethyl adjacent to an activating group) is 1. The molecule has 0 radical (unpaired) electrons. The minimum Gasteiger partial charge on any atom is -0.493 e. The standard InChI is InChI=1S/C27H38N2O2/c1-28(15-12-21-8-11-26(30-2)27(18-21)31-3)19-23-16-25(17-23)24-9-6-22(7-10-24)20-29-13-4-5-14-29/h6-11,18,23,25H,4-5,12-17,19-20H2,1-3H3/t23-,25-. The maximum absolute atomic E-state index is 5.43. The Labute approximate surface area is 188 Å². The normalized spacial score (nSPS) is 21.3. The van der Waals surface area contributed by atoms with Gasteiger partial charge >= 0.3 is 0 Å². The van der Waals surface area contributed by atoms with E-state index in [0.29, 0.717) is 0 Å². The average molecular weight is 423 g/mol. The van der Waals surface area contributed by atoms with E-state index < -0.39 is 0 Å². The van der Waals surface area contributed by atoms with Gasteiger partial charge in [-0.25, -0.2) is 0 Å². The Morgan fingerprint density at radius 3 is 2.26 bits per heavy atom. The van der Waals surface area contributed by atoms with Crippen molar-refractivity contribution in [3.8, 4) is 11.5 Å². The van der Waals surface area contributed by atoms with Crippen LogP contribution in [0.1, 0.15) is 48.3 Å². The Bertz CT molecular complexity index is 824. The van der Waals surface area contributed by atoms with Gasteiger partial charge in [-0.3, -0.25) is 4.90 Å². The topological polar surface area (TPSA) is 24.9 Å².